The van der Waals surface area contributed by atoms with Gasteiger partial charge in [0.05, 0.1) is 6.54 Å². The summed E-state index contributed by atoms with van der Waals surface area (Å²) in [5.41, 5.74) is 1.35. The average molecular weight is 327 g/mol. The standard InChI is InChI=1S/C14H19BrN2S/c1-11(2)7-16-8-12-3-5-17(9-12)10-14-13(15)4-6-18-14/h3-6,9,11,16H,7-8,10H2,1-2H3. The molecule has 1 N–H and O–H groups in total. The van der Waals surface area contributed by atoms with E-state index in [0.29, 0.717) is 5.92 Å². The SMILES string of the molecule is CC(C)CNCc1ccn(Cc2sccc2Br)c1. The van der Waals surface area contributed by atoms with E-state index in [2.05, 4.69) is 69.6 Å². The van der Waals surface area contributed by atoms with Crippen LogP contribution in [0.15, 0.2) is 34.4 Å². The van der Waals surface area contributed by atoms with Crippen molar-refractivity contribution in [3.63, 3.8) is 0 Å². The number of thiophene rings is 1. The lowest BCUT2D eigenvalue weighted by atomic mass is 10.2. The smallest absolute Gasteiger partial charge is 0.0574 e. The second-order valence-corrected chi connectivity index (χ2v) is 6.76. The van der Waals surface area contributed by atoms with E-state index in [1.54, 1.807) is 11.3 Å². The Morgan fingerprint density at radius 3 is 2.89 bits per heavy atom. The van der Waals surface area contributed by atoms with Crippen molar-refractivity contribution < 1.29 is 0 Å². The zero-order valence-electron chi connectivity index (χ0n) is 10.8. The van der Waals surface area contributed by atoms with E-state index in [0.717, 1.165) is 19.6 Å². The van der Waals surface area contributed by atoms with Crippen LogP contribution in [0.4, 0.5) is 0 Å². The second kappa shape index (κ2) is 6.55. The molecule has 0 spiro atoms. The molecule has 0 amide bonds. The van der Waals surface area contributed by atoms with Crippen LogP contribution < -0.4 is 5.32 Å². The number of hydrogen-bond donors (Lipinski definition) is 1. The van der Waals surface area contributed by atoms with Crippen LogP contribution in [-0.2, 0) is 13.1 Å². The van der Waals surface area contributed by atoms with Crippen molar-refractivity contribution in [2.75, 3.05) is 6.54 Å². The van der Waals surface area contributed by atoms with E-state index < -0.39 is 0 Å². The van der Waals surface area contributed by atoms with Gasteiger partial charge in [-0.1, -0.05) is 13.8 Å². The highest BCUT2D eigenvalue weighted by Crippen LogP contribution is 2.23. The maximum atomic E-state index is 3.57. The molecule has 0 unspecified atom stereocenters. The van der Waals surface area contributed by atoms with Gasteiger partial charge < -0.3 is 9.88 Å². The van der Waals surface area contributed by atoms with E-state index >= 15 is 0 Å². The second-order valence-electron chi connectivity index (χ2n) is 4.91. The molecule has 98 valence electrons. The molecular weight excluding hydrogens is 308 g/mol. The molecule has 0 atom stereocenters. The van der Waals surface area contributed by atoms with Gasteiger partial charge in [0.25, 0.3) is 0 Å². The Morgan fingerprint density at radius 2 is 2.22 bits per heavy atom. The zero-order valence-corrected chi connectivity index (χ0v) is 13.2. The van der Waals surface area contributed by atoms with Crippen LogP contribution in [0, 0.1) is 5.92 Å². The molecule has 0 saturated heterocycles. The normalized spacial score (nSPS) is 11.3. The lowest BCUT2D eigenvalue weighted by molar-refractivity contribution is 0.552. The summed E-state index contributed by atoms with van der Waals surface area (Å²) in [5, 5.41) is 5.58. The first-order valence-electron chi connectivity index (χ1n) is 6.22. The Morgan fingerprint density at radius 1 is 1.39 bits per heavy atom. The third-order valence-corrected chi connectivity index (χ3v) is 4.62. The van der Waals surface area contributed by atoms with Crippen LogP contribution in [0.1, 0.15) is 24.3 Å². The fraction of sp³-hybridized carbons (Fsp3) is 0.429. The molecule has 0 fully saturated rings. The predicted molar refractivity (Wildman–Crippen MR) is 82.1 cm³/mol. The van der Waals surface area contributed by atoms with Gasteiger partial charge in [0, 0.05) is 28.3 Å². The van der Waals surface area contributed by atoms with Crippen LogP contribution >= 0.6 is 27.3 Å². The molecule has 0 aromatic carbocycles. The van der Waals surface area contributed by atoms with Crippen molar-refractivity contribution in [1.29, 1.82) is 0 Å². The highest BCUT2D eigenvalue weighted by molar-refractivity contribution is 9.10. The minimum atomic E-state index is 0.703. The van der Waals surface area contributed by atoms with Crippen molar-refractivity contribution in [2.45, 2.75) is 26.9 Å². The average Bonchev–Trinajstić information content (AvgIpc) is 2.90. The van der Waals surface area contributed by atoms with Crippen LogP contribution in [0.2, 0.25) is 0 Å². The monoisotopic (exact) mass is 326 g/mol. The van der Waals surface area contributed by atoms with Gasteiger partial charge in [0.1, 0.15) is 0 Å². The van der Waals surface area contributed by atoms with Crippen molar-refractivity contribution in [3.8, 4) is 0 Å². The van der Waals surface area contributed by atoms with Crippen molar-refractivity contribution in [3.05, 3.63) is 44.8 Å². The maximum Gasteiger partial charge on any atom is 0.0574 e. The summed E-state index contributed by atoms with van der Waals surface area (Å²) >= 11 is 5.37. The molecule has 2 aromatic rings. The van der Waals surface area contributed by atoms with E-state index in [1.165, 1.54) is 14.9 Å². The van der Waals surface area contributed by atoms with Gasteiger partial charge in [-0.15, -0.1) is 11.3 Å². The Kier molecular flexibility index (Phi) is 5.03. The van der Waals surface area contributed by atoms with Gasteiger partial charge in [-0.2, -0.15) is 0 Å². The van der Waals surface area contributed by atoms with E-state index in [-0.39, 0.29) is 0 Å². The minimum absolute atomic E-state index is 0.703. The summed E-state index contributed by atoms with van der Waals surface area (Å²) in [6.07, 6.45) is 4.37. The lowest BCUT2D eigenvalue weighted by Gasteiger charge is -2.05. The summed E-state index contributed by atoms with van der Waals surface area (Å²) in [6, 6.07) is 4.30. The van der Waals surface area contributed by atoms with E-state index in [4.69, 9.17) is 0 Å². The summed E-state index contributed by atoms with van der Waals surface area (Å²) in [6.45, 7) is 7.43. The quantitative estimate of drug-likeness (QED) is 0.845. The first-order valence-corrected chi connectivity index (χ1v) is 7.89. The van der Waals surface area contributed by atoms with Gasteiger partial charge in [-0.3, -0.25) is 0 Å². The van der Waals surface area contributed by atoms with Crippen LogP contribution in [-0.4, -0.2) is 11.1 Å². The number of nitrogens with zero attached hydrogens (tertiary/aromatic N) is 1. The van der Waals surface area contributed by atoms with Gasteiger partial charge in [0.2, 0.25) is 0 Å². The number of aromatic nitrogens is 1. The third kappa shape index (κ3) is 3.97. The molecule has 2 nitrogen and oxygen atoms in total. The van der Waals surface area contributed by atoms with Gasteiger partial charge in [0.15, 0.2) is 0 Å². The molecule has 0 radical (unpaired) electrons. The Balaban J connectivity index is 1.88. The van der Waals surface area contributed by atoms with Crippen LogP contribution in [0.3, 0.4) is 0 Å². The number of hydrogen-bond acceptors (Lipinski definition) is 2. The summed E-state index contributed by atoms with van der Waals surface area (Å²) < 4.78 is 3.45. The van der Waals surface area contributed by atoms with Crippen molar-refractivity contribution in [1.82, 2.24) is 9.88 Å². The summed E-state index contributed by atoms with van der Waals surface area (Å²) in [7, 11) is 0. The Hall–Kier alpha value is -0.580. The molecule has 2 aromatic heterocycles. The predicted octanol–water partition coefficient (Wildman–Crippen LogP) is 4.11. The van der Waals surface area contributed by atoms with Crippen LogP contribution in [0.5, 0.6) is 0 Å². The van der Waals surface area contributed by atoms with Gasteiger partial charge in [-0.25, -0.2) is 0 Å². The van der Waals surface area contributed by atoms with Gasteiger partial charge in [-0.05, 0) is 51.5 Å². The molecule has 2 heterocycles. The number of halogens is 1. The topological polar surface area (TPSA) is 17.0 Å². The Labute approximate surface area is 121 Å². The largest absolute Gasteiger partial charge is 0.349 e. The fourth-order valence-corrected chi connectivity index (χ4v) is 3.29. The molecular formula is C14H19BrN2S. The van der Waals surface area contributed by atoms with Crippen LogP contribution in [0.25, 0.3) is 0 Å². The number of nitrogens with one attached hydrogen (secondary N) is 1. The molecule has 0 saturated carbocycles. The molecule has 0 aliphatic carbocycles. The fourth-order valence-electron chi connectivity index (χ4n) is 1.80. The highest BCUT2D eigenvalue weighted by atomic mass is 79.9. The van der Waals surface area contributed by atoms with E-state index in [1.807, 2.05) is 0 Å². The lowest BCUT2D eigenvalue weighted by Crippen LogP contribution is -2.18. The first-order chi connectivity index (χ1) is 8.65. The van der Waals surface area contributed by atoms with Crippen molar-refractivity contribution >= 4 is 27.3 Å². The molecule has 4 heteroatoms. The minimum Gasteiger partial charge on any atom is -0.349 e. The zero-order chi connectivity index (χ0) is 13.0. The summed E-state index contributed by atoms with van der Waals surface area (Å²) in [4.78, 5) is 1.37. The van der Waals surface area contributed by atoms with Crippen molar-refractivity contribution in [2.24, 2.45) is 5.92 Å². The van der Waals surface area contributed by atoms with E-state index in [9.17, 15) is 0 Å². The third-order valence-electron chi connectivity index (χ3n) is 2.71. The highest BCUT2D eigenvalue weighted by Gasteiger charge is 2.03. The molecule has 0 bridgehead atoms. The molecule has 0 aliphatic rings. The summed E-state index contributed by atoms with van der Waals surface area (Å²) in [5.74, 6) is 0.703. The Bertz CT molecular complexity index is 487. The molecule has 2 rings (SSSR count). The maximum absolute atomic E-state index is 3.57. The molecule has 0 aliphatic heterocycles. The first kappa shape index (κ1) is 13.8. The molecule has 18 heavy (non-hydrogen) atoms. The van der Waals surface area contributed by atoms with Gasteiger partial charge >= 0.3 is 0 Å². The number of rotatable bonds is 6.